The maximum atomic E-state index is 13.3. The topological polar surface area (TPSA) is 46.6 Å². The fourth-order valence-corrected chi connectivity index (χ4v) is 3.10. The largest absolute Gasteiger partial charge is 0.495 e. The molecular weight excluding hydrogens is 269 g/mol. The number of sulfonamides is 1. The van der Waals surface area contributed by atoms with Gasteiger partial charge in [-0.15, -0.1) is 13.2 Å². The molecule has 0 unspecified atom stereocenters. The molecule has 0 saturated heterocycles. The van der Waals surface area contributed by atoms with Gasteiger partial charge in [0.2, 0.25) is 10.0 Å². The molecule has 0 spiro atoms. The van der Waals surface area contributed by atoms with Crippen LogP contribution in [0, 0.1) is 5.82 Å². The van der Waals surface area contributed by atoms with Crippen molar-refractivity contribution < 1.29 is 17.5 Å². The molecule has 0 aliphatic carbocycles. The van der Waals surface area contributed by atoms with Crippen molar-refractivity contribution in [2.24, 2.45) is 0 Å². The lowest BCUT2D eigenvalue weighted by Crippen LogP contribution is -2.31. The quantitative estimate of drug-likeness (QED) is 0.722. The minimum absolute atomic E-state index is 0.0968. The molecule has 0 amide bonds. The highest BCUT2D eigenvalue weighted by atomic mass is 32.2. The SMILES string of the molecule is C=CCN(CC=C)S(=O)(=O)c1cc(F)ccc1OC. The number of ether oxygens (including phenoxy) is 1. The summed E-state index contributed by atoms with van der Waals surface area (Å²) in [5, 5.41) is 0. The van der Waals surface area contributed by atoms with Crippen LogP contribution in [0.1, 0.15) is 0 Å². The highest BCUT2D eigenvalue weighted by Crippen LogP contribution is 2.27. The molecule has 0 aliphatic rings. The first-order valence-corrected chi connectivity index (χ1v) is 6.96. The molecule has 1 rings (SSSR count). The Morgan fingerprint density at radius 3 is 2.37 bits per heavy atom. The van der Waals surface area contributed by atoms with Crippen LogP contribution < -0.4 is 4.74 Å². The van der Waals surface area contributed by atoms with E-state index >= 15 is 0 Å². The van der Waals surface area contributed by atoms with Crippen molar-refractivity contribution in [3.63, 3.8) is 0 Å². The minimum atomic E-state index is -3.86. The zero-order valence-corrected chi connectivity index (χ0v) is 11.5. The van der Waals surface area contributed by atoms with Crippen molar-refractivity contribution in [1.29, 1.82) is 0 Å². The molecule has 0 atom stereocenters. The molecule has 0 aliphatic heterocycles. The van der Waals surface area contributed by atoms with E-state index in [0.29, 0.717) is 0 Å². The summed E-state index contributed by atoms with van der Waals surface area (Å²) in [5.74, 6) is -0.545. The van der Waals surface area contributed by atoms with Gasteiger partial charge in [0, 0.05) is 13.1 Å². The van der Waals surface area contributed by atoms with Crippen molar-refractivity contribution in [1.82, 2.24) is 4.31 Å². The van der Waals surface area contributed by atoms with Gasteiger partial charge in [-0.25, -0.2) is 12.8 Å². The molecule has 0 N–H and O–H groups in total. The molecule has 104 valence electrons. The van der Waals surface area contributed by atoms with Crippen LogP contribution in [0.4, 0.5) is 4.39 Å². The van der Waals surface area contributed by atoms with Crippen molar-refractivity contribution in [3.8, 4) is 5.75 Å². The fraction of sp³-hybridized carbons (Fsp3) is 0.231. The van der Waals surface area contributed by atoms with Crippen LogP contribution in [0.15, 0.2) is 48.4 Å². The zero-order chi connectivity index (χ0) is 14.5. The van der Waals surface area contributed by atoms with E-state index < -0.39 is 15.8 Å². The molecule has 4 nitrogen and oxygen atoms in total. The van der Waals surface area contributed by atoms with Crippen LogP contribution in [-0.4, -0.2) is 32.9 Å². The third-order valence-corrected chi connectivity index (χ3v) is 4.26. The highest BCUT2D eigenvalue weighted by Gasteiger charge is 2.26. The maximum absolute atomic E-state index is 13.3. The van der Waals surface area contributed by atoms with Gasteiger partial charge in [0.15, 0.2) is 0 Å². The third kappa shape index (κ3) is 3.42. The normalized spacial score (nSPS) is 11.3. The maximum Gasteiger partial charge on any atom is 0.247 e. The molecule has 0 radical (unpaired) electrons. The Kier molecular flexibility index (Phi) is 5.26. The lowest BCUT2D eigenvalue weighted by Gasteiger charge is -2.20. The lowest BCUT2D eigenvalue weighted by atomic mass is 10.3. The van der Waals surface area contributed by atoms with Gasteiger partial charge in [-0.2, -0.15) is 4.31 Å². The Morgan fingerprint density at radius 2 is 1.89 bits per heavy atom. The number of nitrogens with zero attached hydrogens (tertiary/aromatic N) is 1. The molecule has 0 aromatic heterocycles. The molecule has 0 bridgehead atoms. The van der Waals surface area contributed by atoms with Crippen molar-refractivity contribution in [2.45, 2.75) is 4.90 Å². The van der Waals surface area contributed by atoms with Crippen LogP contribution in [0.25, 0.3) is 0 Å². The van der Waals surface area contributed by atoms with Crippen LogP contribution in [0.5, 0.6) is 5.75 Å². The summed E-state index contributed by atoms with van der Waals surface area (Å²) in [7, 11) is -2.53. The van der Waals surface area contributed by atoms with Crippen molar-refractivity contribution in [3.05, 3.63) is 49.3 Å². The summed E-state index contributed by atoms with van der Waals surface area (Å²) in [6, 6.07) is 3.36. The Bertz CT molecular complexity index is 559. The Labute approximate surface area is 112 Å². The predicted octanol–water partition coefficient (Wildman–Crippen LogP) is 2.20. The fourth-order valence-electron chi connectivity index (χ4n) is 1.55. The summed E-state index contributed by atoms with van der Waals surface area (Å²) in [6.45, 7) is 7.22. The number of hydrogen-bond donors (Lipinski definition) is 0. The first kappa shape index (κ1) is 15.4. The van der Waals surface area contributed by atoms with Gasteiger partial charge in [0.1, 0.15) is 16.5 Å². The molecule has 0 saturated carbocycles. The number of benzene rings is 1. The molecule has 6 heteroatoms. The van der Waals surface area contributed by atoms with Gasteiger partial charge in [-0.1, -0.05) is 12.2 Å². The van der Waals surface area contributed by atoms with Gasteiger partial charge >= 0.3 is 0 Å². The monoisotopic (exact) mass is 285 g/mol. The highest BCUT2D eigenvalue weighted by molar-refractivity contribution is 7.89. The van der Waals surface area contributed by atoms with E-state index in [1.54, 1.807) is 0 Å². The summed E-state index contributed by atoms with van der Waals surface area (Å²) in [6.07, 6.45) is 2.90. The number of halogens is 1. The standard InChI is InChI=1S/C13H16FNO3S/c1-4-8-15(9-5-2)19(16,17)13-10-11(14)6-7-12(13)18-3/h4-7,10H,1-2,8-9H2,3H3. The zero-order valence-electron chi connectivity index (χ0n) is 10.7. The molecule has 0 fully saturated rings. The smallest absolute Gasteiger partial charge is 0.247 e. The van der Waals surface area contributed by atoms with E-state index in [1.807, 2.05) is 0 Å². The molecule has 0 heterocycles. The Balaban J connectivity index is 3.34. The van der Waals surface area contributed by atoms with Crippen LogP contribution in [-0.2, 0) is 10.0 Å². The average Bonchev–Trinajstić information content (AvgIpc) is 2.38. The van der Waals surface area contributed by atoms with Gasteiger partial charge in [-0.05, 0) is 18.2 Å². The predicted molar refractivity (Wildman–Crippen MR) is 72.1 cm³/mol. The summed E-state index contributed by atoms with van der Waals surface area (Å²) in [5.41, 5.74) is 0. The number of rotatable bonds is 7. The number of hydrogen-bond acceptors (Lipinski definition) is 3. The van der Waals surface area contributed by atoms with Crippen molar-refractivity contribution in [2.75, 3.05) is 20.2 Å². The molecular formula is C13H16FNO3S. The second kappa shape index (κ2) is 6.49. The summed E-state index contributed by atoms with van der Waals surface area (Å²) in [4.78, 5) is -0.210. The summed E-state index contributed by atoms with van der Waals surface area (Å²) < 4.78 is 44.2. The first-order valence-electron chi connectivity index (χ1n) is 5.52. The Morgan fingerprint density at radius 1 is 1.32 bits per heavy atom. The van der Waals surface area contributed by atoms with E-state index in [-0.39, 0.29) is 23.7 Å². The van der Waals surface area contributed by atoms with E-state index in [1.165, 1.54) is 25.3 Å². The first-order chi connectivity index (χ1) is 8.97. The molecule has 19 heavy (non-hydrogen) atoms. The van der Waals surface area contributed by atoms with E-state index in [0.717, 1.165) is 16.4 Å². The average molecular weight is 285 g/mol. The Hall–Kier alpha value is -1.66. The molecule has 1 aromatic carbocycles. The van der Waals surface area contributed by atoms with Crippen LogP contribution in [0.2, 0.25) is 0 Å². The van der Waals surface area contributed by atoms with Crippen molar-refractivity contribution >= 4 is 10.0 Å². The second-order valence-electron chi connectivity index (χ2n) is 3.69. The lowest BCUT2D eigenvalue weighted by molar-refractivity contribution is 0.396. The number of methoxy groups -OCH3 is 1. The van der Waals surface area contributed by atoms with Gasteiger partial charge < -0.3 is 4.74 Å². The van der Waals surface area contributed by atoms with Gasteiger partial charge in [0.25, 0.3) is 0 Å². The molecule has 1 aromatic rings. The van der Waals surface area contributed by atoms with E-state index in [4.69, 9.17) is 4.74 Å². The van der Waals surface area contributed by atoms with Gasteiger partial charge in [0.05, 0.1) is 7.11 Å². The van der Waals surface area contributed by atoms with E-state index in [2.05, 4.69) is 13.2 Å². The van der Waals surface area contributed by atoms with Crippen LogP contribution >= 0.6 is 0 Å². The second-order valence-corrected chi connectivity index (χ2v) is 5.60. The van der Waals surface area contributed by atoms with Gasteiger partial charge in [-0.3, -0.25) is 0 Å². The summed E-state index contributed by atoms with van der Waals surface area (Å²) >= 11 is 0. The van der Waals surface area contributed by atoms with Crippen LogP contribution in [0.3, 0.4) is 0 Å². The third-order valence-electron chi connectivity index (χ3n) is 2.41. The van der Waals surface area contributed by atoms with E-state index in [9.17, 15) is 12.8 Å². The minimum Gasteiger partial charge on any atom is -0.495 e.